The van der Waals surface area contributed by atoms with Crippen molar-refractivity contribution in [1.82, 2.24) is 4.98 Å². The molecule has 2 aromatic rings. The monoisotopic (exact) mass is 283 g/mol. The lowest BCUT2D eigenvalue weighted by molar-refractivity contribution is 0.0734. The highest BCUT2D eigenvalue weighted by Crippen LogP contribution is 2.16. The molecular weight excluding hydrogens is 262 g/mol. The van der Waals surface area contributed by atoms with E-state index in [0.29, 0.717) is 11.3 Å². The lowest BCUT2D eigenvalue weighted by Gasteiger charge is -2.05. The topological polar surface area (TPSA) is 39.2 Å². The average molecular weight is 283 g/mol. The Kier molecular flexibility index (Phi) is 5.95. The van der Waals surface area contributed by atoms with E-state index in [-0.39, 0.29) is 5.97 Å². The van der Waals surface area contributed by atoms with E-state index in [0.717, 1.165) is 6.42 Å². The van der Waals surface area contributed by atoms with E-state index >= 15 is 0 Å². The van der Waals surface area contributed by atoms with Gasteiger partial charge in [-0.05, 0) is 42.7 Å². The highest BCUT2D eigenvalue weighted by Gasteiger charge is 2.07. The molecule has 0 amide bonds. The third-order valence-corrected chi connectivity index (χ3v) is 3.35. The van der Waals surface area contributed by atoms with Crippen molar-refractivity contribution in [2.45, 2.75) is 39.0 Å². The van der Waals surface area contributed by atoms with E-state index in [2.05, 4.69) is 11.9 Å². The molecular formula is C18H21NO2. The minimum atomic E-state index is -0.376. The van der Waals surface area contributed by atoms with E-state index in [9.17, 15) is 4.79 Å². The van der Waals surface area contributed by atoms with Gasteiger partial charge >= 0.3 is 5.97 Å². The molecule has 0 aliphatic rings. The van der Waals surface area contributed by atoms with Crippen LogP contribution in [-0.2, 0) is 6.42 Å². The largest absolute Gasteiger partial charge is 0.423 e. The number of pyridine rings is 1. The van der Waals surface area contributed by atoms with E-state index in [1.165, 1.54) is 37.4 Å². The first-order chi connectivity index (χ1) is 10.3. The van der Waals surface area contributed by atoms with Crippen LogP contribution in [0.5, 0.6) is 5.75 Å². The van der Waals surface area contributed by atoms with E-state index < -0.39 is 0 Å². The Morgan fingerprint density at radius 1 is 1.10 bits per heavy atom. The van der Waals surface area contributed by atoms with E-state index in [1.54, 1.807) is 18.3 Å². The van der Waals surface area contributed by atoms with Gasteiger partial charge in [-0.3, -0.25) is 4.98 Å². The van der Waals surface area contributed by atoms with Crippen molar-refractivity contribution in [3.05, 3.63) is 59.9 Å². The zero-order valence-electron chi connectivity index (χ0n) is 12.4. The summed E-state index contributed by atoms with van der Waals surface area (Å²) in [6.07, 6.45) is 9.24. The molecule has 3 nitrogen and oxygen atoms in total. The predicted molar refractivity (Wildman–Crippen MR) is 83.5 cm³/mol. The number of aryl methyl sites for hydroxylation is 1. The molecule has 0 saturated heterocycles. The Hall–Kier alpha value is -2.16. The zero-order chi connectivity index (χ0) is 14.9. The first-order valence-corrected chi connectivity index (χ1v) is 7.50. The highest BCUT2D eigenvalue weighted by atomic mass is 16.5. The Balaban J connectivity index is 1.86. The van der Waals surface area contributed by atoms with Crippen molar-refractivity contribution >= 4 is 5.97 Å². The maximum absolute atomic E-state index is 11.9. The van der Waals surface area contributed by atoms with E-state index in [4.69, 9.17) is 4.74 Å². The fraction of sp³-hybridized carbons (Fsp3) is 0.333. The van der Waals surface area contributed by atoms with Crippen LogP contribution in [0.2, 0.25) is 0 Å². The van der Waals surface area contributed by atoms with Gasteiger partial charge in [0.1, 0.15) is 5.75 Å². The molecule has 0 spiro atoms. The van der Waals surface area contributed by atoms with Gasteiger partial charge in [0.15, 0.2) is 0 Å². The molecule has 0 N–H and O–H groups in total. The molecule has 0 fully saturated rings. The van der Waals surface area contributed by atoms with Crippen LogP contribution in [-0.4, -0.2) is 11.0 Å². The summed E-state index contributed by atoms with van der Waals surface area (Å²) < 4.78 is 5.32. The van der Waals surface area contributed by atoms with Crippen LogP contribution in [0.4, 0.5) is 0 Å². The second kappa shape index (κ2) is 8.20. The Morgan fingerprint density at radius 3 is 2.57 bits per heavy atom. The van der Waals surface area contributed by atoms with Crippen LogP contribution in [0.25, 0.3) is 0 Å². The average Bonchev–Trinajstić information content (AvgIpc) is 2.54. The standard InChI is InChI=1S/C18H21NO2/c1-2-3-4-5-7-15-9-11-17(12-10-15)21-18(20)16-8-6-13-19-14-16/h6,8-14H,2-5,7H2,1H3. The molecule has 0 radical (unpaired) electrons. The molecule has 21 heavy (non-hydrogen) atoms. The predicted octanol–water partition coefficient (Wildman–Crippen LogP) is 4.42. The van der Waals surface area contributed by atoms with Gasteiger partial charge < -0.3 is 4.74 Å². The lowest BCUT2D eigenvalue weighted by Crippen LogP contribution is -2.08. The van der Waals surface area contributed by atoms with Gasteiger partial charge in [-0.1, -0.05) is 38.3 Å². The number of esters is 1. The molecule has 0 atom stereocenters. The summed E-state index contributed by atoms with van der Waals surface area (Å²) in [7, 11) is 0. The molecule has 2 rings (SSSR count). The zero-order valence-corrected chi connectivity index (χ0v) is 12.4. The molecule has 0 aliphatic carbocycles. The van der Waals surface area contributed by atoms with Crippen molar-refractivity contribution in [3.63, 3.8) is 0 Å². The SMILES string of the molecule is CCCCCCc1ccc(OC(=O)c2cccnc2)cc1. The molecule has 3 heteroatoms. The van der Waals surface area contributed by atoms with Gasteiger partial charge in [-0.25, -0.2) is 4.79 Å². The molecule has 0 aliphatic heterocycles. The number of aromatic nitrogens is 1. The Morgan fingerprint density at radius 2 is 1.90 bits per heavy atom. The van der Waals surface area contributed by atoms with Crippen molar-refractivity contribution < 1.29 is 9.53 Å². The minimum absolute atomic E-state index is 0.376. The molecule has 1 heterocycles. The van der Waals surface area contributed by atoms with Gasteiger partial charge in [0.2, 0.25) is 0 Å². The fourth-order valence-corrected chi connectivity index (χ4v) is 2.13. The number of carbonyl (C=O) groups is 1. The van der Waals surface area contributed by atoms with Crippen LogP contribution in [0.15, 0.2) is 48.8 Å². The summed E-state index contributed by atoms with van der Waals surface area (Å²) in [5.74, 6) is 0.194. The number of hydrogen-bond acceptors (Lipinski definition) is 3. The summed E-state index contributed by atoms with van der Waals surface area (Å²) in [4.78, 5) is 15.8. The molecule has 0 saturated carbocycles. The molecule has 1 aromatic heterocycles. The fourth-order valence-electron chi connectivity index (χ4n) is 2.13. The lowest BCUT2D eigenvalue weighted by atomic mass is 10.1. The molecule has 110 valence electrons. The maximum atomic E-state index is 11.9. The second-order valence-electron chi connectivity index (χ2n) is 5.09. The van der Waals surface area contributed by atoms with Crippen LogP contribution < -0.4 is 4.74 Å². The van der Waals surface area contributed by atoms with Crippen LogP contribution in [0, 0.1) is 0 Å². The third kappa shape index (κ3) is 5.03. The molecule has 0 bridgehead atoms. The maximum Gasteiger partial charge on any atom is 0.345 e. The normalized spacial score (nSPS) is 10.3. The Labute approximate surface area is 126 Å². The Bertz CT molecular complexity index is 549. The van der Waals surface area contributed by atoms with Crippen LogP contribution >= 0.6 is 0 Å². The van der Waals surface area contributed by atoms with Crippen molar-refractivity contribution in [2.75, 3.05) is 0 Å². The van der Waals surface area contributed by atoms with Crippen molar-refractivity contribution in [1.29, 1.82) is 0 Å². The first kappa shape index (κ1) is 15.2. The number of unbranched alkanes of at least 4 members (excludes halogenated alkanes) is 3. The smallest absolute Gasteiger partial charge is 0.345 e. The van der Waals surface area contributed by atoms with Crippen LogP contribution in [0.3, 0.4) is 0 Å². The van der Waals surface area contributed by atoms with Crippen LogP contribution in [0.1, 0.15) is 48.5 Å². The van der Waals surface area contributed by atoms with Crippen molar-refractivity contribution in [3.8, 4) is 5.75 Å². The van der Waals surface area contributed by atoms with Crippen molar-refractivity contribution in [2.24, 2.45) is 0 Å². The number of hydrogen-bond donors (Lipinski definition) is 0. The highest BCUT2D eigenvalue weighted by molar-refractivity contribution is 5.90. The number of carbonyl (C=O) groups excluding carboxylic acids is 1. The quantitative estimate of drug-likeness (QED) is 0.429. The number of nitrogens with zero attached hydrogens (tertiary/aromatic N) is 1. The summed E-state index contributed by atoms with van der Waals surface area (Å²) >= 11 is 0. The molecule has 0 unspecified atom stereocenters. The van der Waals surface area contributed by atoms with Gasteiger partial charge in [0.05, 0.1) is 5.56 Å². The van der Waals surface area contributed by atoms with Gasteiger partial charge in [0.25, 0.3) is 0 Å². The van der Waals surface area contributed by atoms with Gasteiger partial charge in [0, 0.05) is 12.4 Å². The minimum Gasteiger partial charge on any atom is -0.423 e. The molecule has 1 aromatic carbocycles. The number of rotatable bonds is 7. The number of ether oxygens (including phenoxy) is 1. The third-order valence-electron chi connectivity index (χ3n) is 3.35. The van der Waals surface area contributed by atoms with E-state index in [1.807, 2.05) is 24.3 Å². The first-order valence-electron chi connectivity index (χ1n) is 7.50. The van der Waals surface area contributed by atoms with Gasteiger partial charge in [-0.15, -0.1) is 0 Å². The summed E-state index contributed by atoms with van der Waals surface area (Å²) in [6.45, 7) is 2.21. The summed E-state index contributed by atoms with van der Waals surface area (Å²) in [5, 5.41) is 0. The van der Waals surface area contributed by atoms with Gasteiger partial charge in [-0.2, -0.15) is 0 Å². The summed E-state index contributed by atoms with van der Waals surface area (Å²) in [5.41, 5.74) is 1.74. The second-order valence-corrected chi connectivity index (χ2v) is 5.09. The summed E-state index contributed by atoms with van der Waals surface area (Å²) in [6, 6.07) is 11.2. The number of benzene rings is 1.